The Kier molecular flexibility index (Phi) is 8.52. The second kappa shape index (κ2) is 9.89. The van der Waals surface area contributed by atoms with Crippen molar-refractivity contribution in [2.45, 2.75) is 32.6 Å². The lowest BCUT2D eigenvalue weighted by atomic mass is 10.2. The number of carbonyl (C=O) groups excluding carboxylic acids is 2. The van der Waals surface area contributed by atoms with Crippen LogP contribution in [0.25, 0.3) is 0 Å². The van der Waals surface area contributed by atoms with Gasteiger partial charge in [0.1, 0.15) is 4.90 Å². The van der Waals surface area contributed by atoms with Crippen LogP contribution in [0.1, 0.15) is 38.1 Å². The van der Waals surface area contributed by atoms with Gasteiger partial charge in [0.15, 0.2) is 0 Å². The van der Waals surface area contributed by atoms with Gasteiger partial charge in [-0.1, -0.05) is 39.3 Å². The van der Waals surface area contributed by atoms with E-state index in [0.717, 1.165) is 0 Å². The summed E-state index contributed by atoms with van der Waals surface area (Å²) in [6.45, 7) is 8.16. The van der Waals surface area contributed by atoms with Crippen LogP contribution in [0.2, 0.25) is 5.02 Å². The van der Waals surface area contributed by atoms with Crippen LogP contribution in [0.4, 0.5) is 0 Å². The first-order valence-corrected chi connectivity index (χ1v) is 10.3. The van der Waals surface area contributed by atoms with Gasteiger partial charge in [0.2, 0.25) is 15.9 Å². The molecule has 0 aliphatic carbocycles. The third kappa shape index (κ3) is 5.69. The van der Waals surface area contributed by atoms with Crippen molar-refractivity contribution in [3.8, 4) is 0 Å². The zero-order chi connectivity index (χ0) is 19.9. The van der Waals surface area contributed by atoms with E-state index in [-0.39, 0.29) is 33.9 Å². The highest BCUT2D eigenvalue weighted by atomic mass is 35.5. The third-order valence-corrected chi connectivity index (χ3v) is 6.28. The number of hydrogen-bond acceptors (Lipinski definition) is 4. The highest BCUT2D eigenvalue weighted by Crippen LogP contribution is 2.25. The molecule has 0 atom stereocenters. The van der Waals surface area contributed by atoms with Gasteiger partial charge in [-0.05, 0) is 18.2 Å². The Bertz CT molecular complexity index is 746. The predicted molar refractivity (Wildman–Crippen MR) is 102 cm³/mol. The number of nitrogens with one attached hydrogen (secondary N) is 2. The topological polar surface area (TPSA) is 95.6 Å². The van der Waals surface area contributed by atoms with E-state index in [0.29, 0.717) is 19.6 Å². The molecule has 1 aromatic rings. The third-order valence-electron chi connectivity index (χ3n) is 3.75. The molecular formula is C17H26ClN3O4S. The quantitative estimate of drug-likeness (QED) is 0.615. The molecule has 0 fully saturated rings. The van der Waals surface area contributed by atoms with Crippen molar-refractivity contribution in [3.63, 3.8) is 0 Å². The van der Waals surface area contributed by atoms with Crippen molar-refractivity contribution in [1.29, 1.82) is 0 Å². The van der Waals surface area contributed by atoms with E-state index in [1.165, 1.54) is 22.5 Å². The van der Waals surface area contributed by atoms with Crippen molar-refractivity contribution in [2.75, 3.05) is 26.2 Å². The maximum Gasteiger partial charge on any atom is 0.251 e. The van der Waals surface area contributed by atoms with Gasteiger partial charge in [0, 0.05) is 37.7 Å². The minimum atomic E-state index is -3.77. The first-order chi connectivity index (χ1) is 12.1. The summed E-state index contributed by atoms with van der Waals surface area (Å²) >= 11 is 6.05. The predicted octanol–water partition coefficient (Wildman–Crippen LogP) is 1.87. The summed E-state index contributed by atoms with van der Waals surface area (Å²) in [6, 6.07) is 4.14. The number of halogens is 1. The van der Waals surface area contributed by atoms with Gasteiger partial charge in [0.05, 0.1) is 5.02 Å². The van der Waals surface area contributed by atoms with Crippen molar-refractivity contribution in [1.82, 2.24) is 14.9 Å². The molecule has 0 bridgehead atoms. The minimum absolute atomic E-state index is 0.0673. The molecular weight excluding hydrogens is 378 g/mol. The summed E-state index contributed by atoms with van der Waals surface area (Å²) in [7, 11) is -3.77. The lowest BCUT2D eigenvalue weighted by molar-refractivity contribution is -0.123. The van der Waals surface area contributed by atoms with Gasteiger partial charge < -0.3 is 10.6 Å². The molecule has 146 valence electrons. The Morgan fingerprint density at radius 1 is 1.12 bits per heavy atom. The molecule has 0 unspecified atom stereocenters. The second-order valence-corrected chi connectivity index (χ2v) is 8.25. The first-order valence-electron chi connectivity index (χ1n) is 8.50. The van der Waals surface area contributed by atoms with Crippen molar-refractivity contribution in [2.24, 2.45) is 5.92 Å². The van der Waals surface area contributed by atoms with Crippen LogP contribution in [0.5, 0.6) is 0 Å². The fourth-order valence-electron chi connectivity index (χ4n) is 2.21. The second-order valence-electron chi connectivity index (χ2n) is 5.94. The van der Waals surface area contributed by atoms with E-state index in [1.54, 1.807) is 27.7 Å². The van der Waals surface area contributed by atoms with Gasteiger partial charge in [0.25, 0.3) is 5.91 Å². The smallest absolute Gasteiger partial charge is 0.251 e. The largest absolute Gasteiger partial charge is 0.354 e. The zero-order valence-corrected chi connectivity index (χ0v) is 17.1. The summed E-state index contributed by atoms with van der Waals surface area (Å²) in [5.74, 6) is -0.662. The SMILES string of the molecule is CCN(CC)S(=O)(=O)c1cc(C(=O)NCCNC(=O)C(C)C)ccc1Cl. The molecule has 1 aromatic carbocycles. The lowest BCUT2D eigenvalue weighted by Crippen LogP contribution is -2.36. The number of sulfonamides is 1. The van der Waals surface area contributed by atoms with E-state index >= 15 is 0 Å². The van der Waals surface area contributed by atoms with Gasteiger partial charge in [-0.2, -0.15) is 4.31 Å². The summed E-state index contributed by atoms with van der Waals surface area (Å²) in [5, 5.41) is 5.40. The number of benzene rings is 1. The zero-order valence-electron chi connectivity index (χ0n) is 15.5. The molecule has 0 saturated heterocycles. The van der Waals surface area contributed by atoms with Crippen LogP contribution in [0, 0.1) is 5.92 Å². The monoisotopic (exact) mass is 403 g/mol. The maximum absolute atomic E-state index is 12.7. The number of rotatable bonds is 9. The molecule has 0 aliphatic rings. The van der Waals surface area contributed by atoms with Crippen LogP contribution in [0.3, 0.4) is 0 Å². The molecule has 0 radical (unpaired) electrons. The van der Waals surface area contributed by atoms with Gasteiger partial charge >= 0.3 is 0 Å². The van der Waals surface area contributed by atoms with Gasteiger partial charge in [-0.15, -0.1) is 0 Å². The van der Waals surface area contributed by atoms with E-state index in [4.69, 9.17) is 11.6 Å². The molecule has 0 aliphatic heterocycles. The highest BCUT2D eigenvalue weighted by Gasteiger charge is 2.25. The van der Waals surface area contributed by atoms with E-state index in [2.05, 4.69) is 10.6 Å². The molecule has 0 heterocycles. The van der Waals surface area contributed by atoms with Crippen LogP contribution in [0.15, 0.2) is 23.1 Å². The number of nitrogens with zero attached hydrogens (tertiary/aromatic N) is 1. The summed E-state index contributed by atoms with van der Waals surface area (Å²) in [6.07, 6.45) is 0. The molecule has 7 nitrogen and oxygen atoms in total. The van der Waals surface area contributed by atoms with Crippen LogP contribution >= 0.6 is 11.6 Å². The average molecular weight is 404 g/mol. The van der Waals surface area contributed by atoms with Gasteiger partial charge in [-0.3, -0.25) is 9.59 Å². The summed E-state index contributed by atoms with van der Waals surface area (Å²) in [5.41, 5.74) is 0.190. The molecule has 9 heteroatoms. The number of hydrogen-bond donors (Lipinski definition) is 2. The number of carbonyl (C=O) groups is 2. The lowest BCUT2D eigenvalue weighted by Gasteiger charge is -2.19. The van der Waals surface area contributed by atoms with E-state index < -0.39 is 15.9 Å². The van der Waals surface area contributed by atoms with Crippen LogP contribution < -0.4 is 10.6 Å². The Hall–Kier alpha value is -1.64. The molecule has 2 N–H and O–H groups in total. The molecule has 0 spiro atoms. The highest BCUT2D eigenvalue weighted by molar-refractivity contribution is 7.89. The summed E-state index contributed by atoms with van der Waals surface area (Å²) < 4.78 is 26.6. The Morgan fingerprint density at radius 3 is 2.23 bits per heavy atom. The fraction of sp³-hybridized carbons (Fsp3) is 0.529. The Morgan fingerprint density at radius 2 is 1.69 bits per heavy atom. The standard InChI is InChI=1S/C17H26ClN3O4S/c1-5-21(6-2)26(24,25)15-11-13(7-8-14(15)18)17(23)20-10-9-19-16(22)12(3)4/h7-8,11-12H,5-6,9-10H2,1-4H3,(H,19,22)(H,20,23). The summed E-state index contributed by atoms with van der Waals surface area (Å²) in [4.78, 5) is 23.6. The van der Waals surface area contributed by atoms with Crippen molar-refractivity contribution in [3.05, 3.63) is 28.8 Å². The average Bonchev–Trinajstić information content (AvgIpc) is 2.59. The molecule has 26 heavy (non-hydrogen) atoms. The number of amides is 2. The normalized spacial score (nSPS) is 11.7. The van der Waals surface area contributed by atoms with Gasteiger partial charge in [-0.25, -0.2) is 8.42 Å². The van der Waals surface area contributed by atoms with E-state index in [9.17, 15) is 18.0 Å². The molecule has 0 aromatic heterocycles. The van der Waals surface area contributed by atoms with Crippen molar-refractivity contribution >= 4 is 33.4 Å². The Balaban J connectivity index is 2.86. The molecule has 0 saturated carbocycles. The van der Waals surface area contributed by atoms with E-state index in [1.807, 2.05) is 0 Å². The fourth-order valence-corrected chi connectivity index (χ4v) is 4.17. The minimum Gasteiger partial charge on any atom is -0.354 e. The molecule has 2 amide bonds. The molecule has 1 rings (SSSR count). The Labute approximate surface area is 160 Å². The first kappa shape index (κ1) is 22.4. The van der Waals surface area contributed by atoms with Crippen molar-refractivity contribution < 1.29 is 18.0 Å². The maximum atomic E-state index is 12.7. The van der Waals surface area contributed by atoms with Crippen LogP contribution in [-0.2, 0) is 14.8 Å². The van der Waals surface area contributed by atoms with Crippen LogP contribution in [-0.4, -0.2) is 50.7 Å².